The SMILES string of the molecule is COc1ccc(CCn2cc(N)c(C)cc2=O)cc1. The highest BCUT2D eigenvalue weighted by Gasteiger charge is 2.01. The van der Waals surface area contributed by atoms with E-state index in [1.54, 1.807) is 23.9 Å². The van der Waals surface area contributed by atoms with Crippen LogP contribution in [-0.2, 0) is 13.0 Å². The van der Waals surface area contributed by atoms with Gasteiger partial charge in [-0.3, -0.25) is 4.79 Å². The van der Waals surface area contributed by atoms with E-state index in [0.717, 1.165) is 23.3 Å². The van der Waals surface area contributed by atoms with Crippen LogP contribution in [0.1, 0.15) is 11.1 Å². The van der Waals surface area contributed by atoms with E-state index in [1.165, 1.54) is 0 Å². The second-order valence-corrected chi connectivity index (χ2v) is 4.54. The van der Waals surface area contributed by atoms with Crippen LogP contribution in [0, 0.1) is 6.92 Å². The second kappa shape index (κ2) is 5.61. The fourth-order valence-corrected chi connectivity index (χ4v) is 1.90. The molecule has 4 nitrogen and oxygen atoms in total. The van der Waals surface area contributed by atoms with Crippen molar-refractivity contribution in [3.8, 4) is 5.75 Å². The molecule has 0 saturated heterocycles. The van der Waals surface area contributed by atoms with E-state index >= 15 is 0 Å². The van der Waals surface area contributed by atoms with Gasteiger partial charge in [-0.25, -0.2) is 0 Å². The molecule has 0 bridgehead atoms. The Morgan fingerprint density at radius 2 is 1.95 bits per heavy atom. The van der Waals surface area contributed by atoms with Crippen LogP contribution < -0.4 is 16.0 Å². The maximum atomic E-state index is 11.8. The third kappa shape index (κ3) is 3.16. The van der Waals surface area contributed by atoms with Crippen molar-refractivity contribution >= 4 is 5.69 Å². The number of methoxy groups -OCH3 is 1. The predicted octanol–water partition coefficient (Wildman–Crippen LogP) is 1.99. The summed E-state index contributed by atoms with van der Waals surface area (Å²) in [5, 5.41) is 0. The summed E-state index contributed by atoms with van der Waals surface area (Å²) in [5.74, 6) is 0.834. The number of rotatable bonds is 4. The van der Waals surface area contributed by atoms with E-state index in [-0.39, 0.29) is 5.56 Å². The van der Waals surface area contributed by atoms with Crippen LogP contribution in [0.15, 0.2) is 41.3 Å². The first-order valence-electron chi connectivity index (χ1n) is 6.19. The summed E-state index contributed by atoms with van der Waals surface area (Å²) in [5.41, 5.74) is 8.44. The molecule has 0 spiro atoms. The van der Waals surface area contributed by atoms with Gasteiger partial charge in [0.1, 0.15) is 5.75 Å². The number of ether oxygens (including phenoxy) is 1. The Morgan fingerprint density at radius 3 is 2.58 bits per heavy atom. The minimum Gasteiger partial charge on any atom is -0.497 e. The largest absolute Gasteiger partial charge is 0.497 e. The fraction of sp³-hybridized carbons (Fsp3) is 0.267. The Hall–Kier alpha value is -2.23. The molecule has 0 saturated carbocycles. The van der Waals surface area contributed by atoms with Gasteiger partial charge >= 0.3 is 0 Å². The van der Waals surface area contributed by atoms with Crippen LogP contribution in [0.25, 0.3) is 0 Å². The Labute approximate surface area is 112 Å². The summed E-state index contributed by atoms with van der Waals surface area (Å²) in [6, 6.07) is 9.41. The van der Waals surface area contributed by atoms with Gasteiger partial charge in [0, 0.05) is 18.8 Å². The second-order valence-electron chi connectivity index (χ2n) is 4.54. The number of nitrogen functional groups attached to an aromatic ring is 1. The molecular formula is C15H18N2O2. The number of aryl methyl sites for hydroxylation is 3. The van der Waals surface area contributed by atoms with Gasteiger partial charge in [-0.05, 0) is 36.6 Å². The van der Waals surface area contributed by atoms with Crippen molar-refractivity contribution in [3.63, 3.8) is 0 Å². The van der Waals surface area contributed by atoms with Crippen molar-refractivity contribution < 1.29 is 4.74 Å². The zero-order valence-electron chi connectivity index (χ0n) is 11.2. The molecule has 0 radical (unpaired) electrons. The van der Waals surface area contributed by atoms with Gasteiger partial charge < -0.3 is 15.0 Å². The van der Waals surface area contributed by atoms with Gasteiger partial charge in [-0.15, -0.1) is 0 Å². The van der Waals surface area contributed by atoms with Crippen LogP contribution >= 0.6 is 0 Å². The number of aromatic nitrogens is 1. The molecule has 2 rings (SSSR count). The molecule has 0 atom stereocenters. The lowest BCUT2D eigenvalue weighted by Gasteiger charge is -2.08. The molecule has 2 N–H and O–H groups in total. The van der Waals surface area contributed by atoms with Crippen molar-refractivity contribution in [3.05, 3.63) is 58.0 Å². The summed E-state index contributed by atoms with van der Waals surface area (Å²) in [6.07, 6.45) is 2.49. The van der Waals surface area contributed by atoms with Crippen molar-refractivity contribution in [1.82, 2.24) is 4.57 Å². The number of anilines is 1. The summed E-state index contributed by atoms with van der Waals surface area (Å²) in [6.45, 7) is 2.46. The van der Waals surface area contributed by atoms with Crippen LogP contribution in [0.4, 0.5) is 5.69 Å². The molecule has 0 aliphatic heterocycles. The lowest BCUT2D eigenvalue weighted by Crippen LogP contribution is -2.21. The van der Waals surface area contributed by atoms with Crippen LogP contribution in [0.2, 0.25) is 0 Å². The molecule has 0 amide bonds. The molecule has 100 valence electrons. The molecule has 19 heavy (non-hydrogen) atoms. The predicted molar refractivity (Wildman–Crippen MR) is 76.5 cm³/mol. The smallest absolute Gasteiger partial charge is 0.250 e. The fourth-order valence-electron chi connectivity index (χ4n) is 1.90. The molecule has 1 heterocycles. The Balaban J connectivity index is 2.09. The zero-order valence-corrected chi connectivity index (χ0v) is 11.2. The third-order valence-electron chi connectivity index (χ3n) is 3.17. The van der Waals surface area contributed by atoms with Gasteiger partial charge in [-0.2, -0.15) is 0 Å². The van der Waals surface area contributed by atoms with Crippen LogP contribution in [-0.4, -0.2) is 11.7 Å². The van der Waals surface area contributed by atoms with Gasteiger partial charge in [-0.1, -0.05) is 12.1 Å². The molecule has 1 aromatic carbocycles. The lowest BCUT2D eigenvalue weighted by atomic mass is 10.1. The summed E-state index contributed by atoms with van der Waals surface area (Å²) >= 11 is 0. The number of nitrogens with two attached hydrogens (primary N) is 1. The monoisotopic (exact) mass is 258 g/mol. The lowest BCUT2D eigenvalue weighted by molar-refractivity contribution is 0.414. The highest BCUT2D eigenvalue weighted by atomic mass is 16.5. The number of benzene rings is 1. The summed E-state index contributed by atoms with van der Waals surface area (Å²) in [7, 11) is 1.64. The first-order chi connectivity index (χ1) is 9.10. The van der Waals surface area contributed by atoms with Crippen LogP contribution in [0.3, 0.4) is 0 Å². The normalized spacial score (nSPS) is 10.4. The van der Waals surface area contributed by atoms with Gasteiger partial charge in [0.05, 0.1) is 12.8 Å². The summed E-state index contributed by atoms with van der Waals surface area (Å²) in [4.78, 5) is 11.8. The molecule has 0 aliphatic rings. The van der Waals surface area contributed by atoms with E-state index in [2.05, 4.69) is 0 Å². The third-order valence-corrected chi connectivity index (χ3v) is 3.17. The van der Waals surface area contributed by atoms with Crippen molar-refractivity contribution in [2.75, 3.05) is 12.8 Å². The van der Waals surface area contributed by atoms with Crippen molar-refractivity contribution in [1.29, 1.82) is 0 Å². The minimum absolute atomic E-state index is 0.0137. The number of hydrogen-bond acceptors (Lipinski definition) is 3. The van der Waals surface area contributed by atoms with Gasteiger partial charge in [0.2, 0.25) is 0 Å². The van der Waals surface area contributed by atoms with E-state index in [0.29, 0.717) is 12.2 Å². The standard InChI is InChI=1S/C15H18N2O2/c1-11-9-15(18)17(10-14(11)16)8-7-12-3-5-13(19-2)6-4-12/h3-6,9-10H,7-8,16H2,1-2H3. The molecule has 0 fully saturated rings. The van der Waals surface area contributed by atoms with Crippen molar-refractivity contribution in [2.24, 2.45) is 0 Å². The van der Waals surface area contributed by atoms with Gasteiger partial charge in [0.15, 0.2) is 0 Å². The average Bonchev–Trinajstić information content (AvgIpc) is 2.42. The van der Waals surface area contributed by atoms with Gasteiger partial charge in [0.25, 0.3) is 5.56 Å². The minimum atomic E-state index is -0.0137. The Kier molecular flexibility index (Phi) is 3.90. The number of nitrogens with zero attached hydrogens (tertiary/aromatic N) is 1. The molecule has 0 aliphatic carbocycles. The number of hydrogen-bond donors (Lipinski definition) is 1. The first-order valence-corrected chi connectivity index (χ1v) is 6.19. The molecule has 1 aromatic heterocycles. The topological polar surface area (TPSA) is 57.2 Å². The average molecular weight is 258 g/mol. The maximum absolute atomic E-state index is 11.8. The van der Waals surface area contributed by atoms with Crippen molar-refractivity contribution in [2.45, 2.75) is 19.9 Å². The quantitative estimate of drug-likeness (QED) is 0.912. The molecule has 2 aromatic rings. The Morgan fingerprint density at radius 1 is 1.26 bits per heavy atom. The highest BCUT2D eigenvalue weighted by Crippen LogP contribution is 2.12. The molecule has 0 unspecified atom stereocenters. The van der Waals surface area contributed by atoms with E-state index in [4.69, 9.17) is 10.5 Å². The van der Waals surface area contributed by atoms with E-state index in [9.17, 15) is 4.79 Å². The first kappa shape index (κ1) is 13.2. The molecule has 4 heteroatoms. The molecular weight excluding hydrogens is 240 g/mol. The highest BCUT2D eigenvalue weighted by molar-refractivity contribution is 5.43. The van der Waals surface area contributed by atoms with E-state index in [1.807, 2.05) is 31.2 Å². The Bertz CT molecular complexity index is 615. The summed E-state index contributed by atoms with van der Waals surface area (Å²) < 4.78 is 6.75. The van der Waals surface area contributed by atoms with Crippen LogP contribution in [0.5, 0.6) is 5.75 Å². The maximum Gasteiger partial charge on any atom is 0.250 e. The number of pyridine rings is 1. The zero-order chi connectivity index (χ0) is 13.8. The van der Waals surface area contributed by atoms with E-state index < -0.39 is 0 Å².